The van der Waals surface area contributed by atoms with Crippen molar-refractivity contribution in [2.45, 2.75) is 26.3 Å². The number of carbonyl (C=O) groups is 1. The van der Waals surface area contributed by atoms with E-state index in [9.17, 15) is 4.79 Å². The topological polar surface area (TPSA) is 23.6 Å². The van der Waals surface area contributed by atoms with Crippen LogP contribution in [-0.2, 0) is 4.79 Å². The molecule has 104 valence electrons. The van der Waals surface area contributed by atoms with Gasteiger partial charge in [-0.1, -0.05) is 37.3 Å². The molecule has 3 nitrogen and oxygen atoms in total. The fourth-order valence-corrected chi connectivity index (χ4v) is 2.80. The van der Waals surface area contributed by atoms with E-state index in [4.69, 9.17) is 0 Å². The Kier molecular flexibility index (Phi) is 5.11. The molecule has 1 fully saturated rings. The normalized spacial score (nSPS) is 19.3. The van der Waals surface area contributed by atoms with Gasteiger partial charge in [0.25, 0.3) is 0 Å². The third kappa shape index (κ3) is 3.88. The van der Waals surface area contributed by atoms with Crippen molar-refractivity contribution in [2.75, 3.05) is 32.7 Å². The molecule has 0 amide bonds. The van der Waals surface area contributed by atoms with Crippen molar-refractivity contribution in [3.8, 4) is 0 Å². The van der Waals surface area contributed by atoms with Gasteiger partial charge in [-0.25, -0.2) is 0 Å². The minimum Gasteiger partial charge on any atom is -0.301 e. The van der Waals surface area contributed by atoms with Gasteiger partial charge in [0.2, 0.25) is 0 Å². The van der Waals surface area contributed by atoms with E-state index in [2.05, 4.69) is 41.0 Å². The Hall–Kier alpha value is -1.19. The Morgan fingerprint density at radius 2 is 1.79 bits per heavy atom. The summed E-state index contributed by atoms with van der Waals surface area (Å²) < 4.78 is 0. The molecule has 1 aromatic carbocycles. The molecule has 19 heavy (non-hydrogen) atoms. The number of Topliss-reactive ketones (excluding diaryl/α,β-unsaturated/α-hetero) is 1. The van der Waals surface area contributed by atoms with E-state index in [-0.39, 0.29) is 11.8 Å². The molecule has 0 saturated carbocycles. The Balaban J connectivity index is 2.08. The number of hydrogen-bond acceptors (Lipinski definition) is 3. The predicted octanol–water partition coefficient (Wildman–Crippen LogP) is 2.34. The van der Waals surface area contributed by atoms with Crippen LogP contribution >= 0.6 is 0 Å². The number of hydrogen-bond donors (Lipinski definition) is 0. The molecular weight excluding hydrogens is 236 g/mol. The first kappa shape index (κ1) is 14.2. The molecule has 1 aliphatic rings. The maximum absolute atomic E-state index is 11.6. The maximum atomic E-state index is 11.6. The van der Waals surface area contributed by atoms with Gasteiger partial charge in [-0.2, -0.15) is 0 Å². The maximum Gasteiger partial charge on any atom is 0.131 e. The predicted molar refractivity (Wildman–Crippen MR) is 78.2 cm³/mol. The lowest BCUT2D eigenvalue weighted by molar-refractivity contribution is -0.118. The van der Waals surface area contributed by atoms with Crippen LogP contribution in [0.5, 0.6) is 0 Å². The monoisotopic (exact) mass is 260 g/mol. The first-order valence-electron chi connectivity index (χ1n) is 7.21. The van der Waals surface area contributed by atoms with Crippen LogP contribution in [0.1, 0.15) is 31.9 Å². The zero-order chi connectivity index (χ0) is 13.7. The van der Waals surface area contributed by atoms with Crippen molar-refractivity contribution in [1.82, 2.24) is 9.80 Å². The van der Waals surface area contributed by atoms with Crippen LogP contribution < -0.4 is 0 Å². The van der Waals surface area contributed by atoms with Crippen LogP contribution in [0, 0.1) is 0 Å². The van der Waals surface area contributed by atoms with Gasteiger partial charge in [0.1, 0.15) is 5.78 Å². The van der Waals surface area contributed by atoms with E-state index in [0.717, 1.165) is 32.7 Å². The second-order valence-electron chi connectivity index (χ2n) is 5.30. The summed E-state index contributed by atoms with van der Waals surface area (Å²) >= 11 is 0. The van der Waals surface area contributed by atoms with Crippen LogP contribution in [0.3, 0.4) is 0 Å². The molecule has 1 saturated heterocycles. The number of nitrogens with zero attached hydrogens (tertiary/aromatic N) is 2. The van der Waals surface area contributed by atoms with E-state index < -0.39 is 0 Å². The number of piperazine rings is 1. The number of carbonyl (C=O) groups excluding carboxylic acids is 1. The summed E-state index contributed by atoms with van der Waals surface area (Å²) in [6, 6.07) is 10.7. The summed E-state index contributed by atoms with van der Waals surface area (Å²) in [5, 5.41) is 0. The minimum atomic E-state index is 0.248. The van der Waals surface area contributed by atoms with Gasteiger partial charge < -0.3 is 4.90 Å². The number of rotatable bonds is 5. The minimum absolute atomic E-state index is 0.248. The highest BCUT2D eigenvalue weighted by Gasteiger charge is 2.25. The van der Waals surface area contributed by atoms with Crippen LogP contribution in [0.4, 0.5) is 0 Å². The summed E-state index contributed by atoms with van der Waals surface area (Å²) in [5.41, 5.74) is 1.27. The molecule has 0 bridgehead atoms. The highest BCUT2D eigenvalue weighted by molar-refractivity contribution is 5.76. The van der Waals surface area contributed by atoms with Crippen LogP contribution in [0.15, 0.2) is 30.3 Å². The Labute approximate surface area is 116 Å². The number of benzene rings is 1. The summed E-state index contributed by atoms with van der Waals surface area (Å²) in [6.45, 7) is 9.35. The third-order valence-corrected chi connectivity index (χ3v) is 3.96. The number of ketones is 1. The fraction of sp³-hybridized carbons (Fsp3) is 0.562. The summed E-state index contributed by atoms with van der Waals surface area (Å²) in [7, 11) is 0. The quantitative estimate of drug-likeness (QED) is 0.812. The lowest BCUT2D eigenvalue weighted by atomic mass is 9.99. The van der Waals surface area contributed by atoms with Gasteiger partial charge in [-0.15, -0.1) is 0 Å². The molecule has 0 spiro atoms. The highest BCUT2D eigenvalue weighted by atomic mass is 16.1. The zero-order valence-corrected chi connectivity index (χ0v) is 12.0. The van der Waals surface area contributed by atoms with Gasteiger partial charge in [-0.05, 0) is 19.0 Å². The summed E-state index contributed by atoms with van der Waals surface area (Å²) in [6.07, 6.45) is 0.621. The van der Waals surface area contributed by atoms with Crippen LogP contribution in [0.25, 0.3) is 0 Å². The van der Waals surface area contributed by atoms with Crippen molar-refractivity contribution in [1.29, 1.82) is 0 Å². The van der Waals surface area contributed by atoms with E-state index in [0.29, 0.717) is 6.42 Å². The molecule has 1 aliphatic heterocycles. The number of likely N-dealkylation sites (N-methyl/N-ethyl adjacent to an activating group) is 1. The average molecular weight is 260 g/mol. The van der Waals surface area contributed by atoms with E-state index in [1.54, 1.807) is 6.92 Å². The molecule has 0 aromatic heterocycles. The largest absolute Gasteiger partial charge is 0.301 e. The molecule has 2 rings (SSSR count). The zero-order valence-electron chi connectivity index (χ0n) is 12.0. The molecule has 0 radical (unpaired) electrons. The Bertz CT molecular complexity index is 396. The average Bonchev–Trinajstić information content (AvgIpc) is 2.46. The van der Waals surface area contributed by atoms with Crippen molar-refractivity contribution in [3.63, 3.8) is 0 Å². The molecule has 3 heteroatoms. The standard InChI is InChI=1S/C16H24N2O/c1-3-17-9-11-18(12-10-17)16(13-14(2)19)15-7-5-4-6-8-15/h4-8,16H,3,9-13H2,1-2H3. The molecule has 1 unspecified atom stereocenters. The summed E-state index contributed by atoms with van der Waals surface area (Å²) in [4.78, 5) is 16.5. The van der Waals surface area contributed by atoms with Crippen LogP contribution in [0.2, 0.25) is 0 Å². The second kappa shape index (κ2) is 6.83. The van der Waals surface area contributed by atoms with E-state index >= 15 is 0 Å². The van der Waals surface area contributed by atoms with E-state index in [1.165, 1.54) is 5.56 Å². The first-order chi connectivity index (χ1) is 9.20. The summed E-state index contributed by atoms with van der Waals surface area (Å²) in [5.74, 6) is 0.270. The van der Waals surface area contributed by atoms with Gasteiger partial charge in [0.05, 0.1) is 0 Å². The SMILES string of the molecule is CCN1CCN(C(CC(C)=O)c2ccccc2)CC1. The van der Waals surface area contributed by atoms with Gasteiger partial charge in [0.15, 0.2) is 0 Å². The molecular formula is C16H24N2O. The highest BCUT2D eigenvalue weighted by Crippen LogP contribution is 2.25. The van der Waals surface area contributed by atoms with Crippen LogP contribution in [-0.4, -0.2) is 48.3 Å². The molecule has 1 heterocycles. The third-order valence-electron chi connectivity index (χ3n) is 3.96. The smallest absolute Gasteiger partial charge is 0.131 e. The molecule has 1 aromatic rings. The van der Waals surface area contributed by atoms with E-state index in [1.807, 2.05) is 6.07 Å². The van der Waals surface area contributed by atoms with Crippen molar-refractivity contribution < 1.29 is 4.79 Å². The first-order valence-corrected chi connectivity index (χ1v) is 7.21. The Morgan fingerprint density at radius 1 is 1.16 bits per heavy atom. The van der Waals surface area contributed by atoms with Crippen molar-refractivity contribution in [3.05, 3.63) is 35.9 Å². The van der Waals surface area contributed by atoms with Crippen molar-refractivity contribution >= 4 is 5.78 Å². The Morgan fingerprint density at radius 3 is 2.32 bits per heavy atom. The van der Waals surface area contributed by atoms with Crippen molar-refractivity contribution in [2.24, 2.45) is 0 Å². The van der Waals surface area contributed by atoms with Gasteiger partial charge >= 0.3 is 0 Å². The lowest BCUT2D eigenvalue weighted by Crippen LogP contribution is -2.47. The fourth-order valence-electron chi connectivity index (χ4n) is 2.80. The lowest BCUT2D eigenvalue weighted by Gasteiger charge is -2.39. The molecule has 1 atom stereocenters. The van der Waals surface area contributed by atoms with Gasteiger partial charge in [0, 0.05) is 38.6 Å². The molecule has 0 aliphatic carbocycles. The molecule has 0 N–H and O–H groups in total. The van der Waals surface area contributed by atoms with Gasteiger partial charge in [-0.3, -0.25) is 9.69 Å². The second-order valence-corrected chi connectivity index (χ2v) is 5.30.